The van der Waals surface area contributed by atoms with Crippen LogP contribution in [0.2, 0.25) is 0 Å². The number of carbonyl (C=O) groups is 2. The van der Waals surface area contributed by atoms with E-state index in [-0.39, 0.29) is 6.42 Å². The van der Waals surface area contributed by atoms with Gasteiger partial charge in [0.15, 0.2) is 0 Å². The quantitative estimate of drug-likeness (QED) is 0.793. The second kappa shape index (κ2) is 6.64. The van der Waals surface area contributed by atoms with Gasteiger partial charge in [0.25, 0.3) is 0 Å². The highest BCUT2D eigenvalue weighted by Gasteiger charge is 2.45. The van der Waals surface area contributed by atoms with Crippen molar-refractivity contribution in [3.05, 3.63) is 48.6 Å². The fourth-order valence-corrected chi connectivity index (χ4v) is 2.05. The van der Waals surface area contributed by atoms with Gasteiger partial charge in [0, 0.05) is 5.41 Å². The summed E-state index contributed by atoms with van der Waals surface area (Å²) in [7, 11) is 0. The molecule has 0 spiro atoms. The van der Waals surface area contributed by atoms with E-state index in [2.05, 4.69) is 6.58 Å². The van der Waals surface area contributed by atoms with E-state index in [1.807, 2.05) is 0 Å². The molecule has 0 unspecified atom stereocenters. The zero-order valence-corrected chi connectivity index (χ0v) is 11.9. The number of nitrogens with one attached hydrogen (secondary N) is 1. The Kier molecular flexibility index (Phi) is 5.35. The van der Waals surface area contributed by atoms with E-state index in [9.17, 15) is 27.9 Å². The first-order valence-corrected chi connectivity index (χ1v) is 6.38. The highest BCUT2D eigenvalue weighted by atomic mass is 19.4. The van der Waals surface area contributed by atoms with E-state index in [4.69, 9.17) is 0 Å². The van der Waals surface area contributed by atoms with Gasteiger partial charge in [0.1, 0.15) is 6.04 Å². The van der Waals surface area contributed by atoms with Gasteiger partial charge < -0.3 is 10.4 Å². The van der Waals surface area contributed by atoms with Crippen molar-refractivity contribution in [2.45, 2.75) is 25.6 Å². The minimum atomic E-state index is -5.15. The van der Waals surface area contributed by atoms with Gasteiger partial charge in [0.05, 0.1) is 0 Å². The Hall–Kier alpha value is -2.31. The van der Waals surface area contributed by atoms with Crippen LogP contribution < -0.4 is 5.32 Å². The van der Waals surface area contributed by atoms with E-state index in [1.54, 1.807) is 30.3 Å². The van der Waals surface area contributed by atoms with Crippen molar-refractivity contribution in [3.8, 4) is 0 Å². The van der Waals surface area contributed by atoms with Gasteiger partial charge in [-0.2, -0.15) is 13.2 Å². The van der Waals surface area contributed by atoms with Gasteiger partial charge in [-0.05, 0) is 12.0 Å². The van der Waals surface area contributed by atoms with E-state index in [0.717, 1.165) is 5.56 Å². The molecule has 0 fully saturated rings. The van der Waals surface area contributed by atoms with Crippen LogP contribution in [0.25, 0.3) is 0 Å². The highest BCUT2D eigenvalue weighted by molar-refractivity contribution is 5.87. The largest absolute Gasteiger partial charge is 0.480 e. The van der Waals surface area contributed by atoms with Crippen molar-refractivity contribution in [1.82, 2.24) is 5.32 Å². The third-order valence-electron chi connectivity index (χ3n) is 3.33. The van der Waals surface area contributed by atoms with Crippen LogP contribution in [-0.2, 0) is 16.0 Å². The maximum atomic E-state index is 12.4. The SMILES string of the molecule is C=C[C@@](C)(Cc1ccccc1)[C@H](NC(=O)C(F)(F)F)C(=O)O. The zero-order valence-electron chi connectivity index (χ0n) is 11.9. The molecule has 2 N–H and O–H groups in total. The Morgan fingerprint density at radius 1 is 1.32 bits per heavy atom. The number of carbonyl (C=O) groups excluding carboxylic acids is 1. The first-order valence-electron chi connectivity index (χ1n) is 6.38. The van der Waals surface area contributed by atoms with Crippen molar-refractivity contribution < 1.29 is 27.9 Å². The van der Waals surface area contributed by atoms with Gasteiger partial charge in [0.2, 0.25) is 0 Å². The van der Waals surface area contributed by atoms with Crippen LogP contribution in [0, 0.1) is 5.41 Å². The maximum Gasteiger partial charge on any atom is 0.471 e. The monoisotopic (exact) mass is 315 g/mol. The molecule has 0 aromatic heterocycles. The van der Waals surface area contributed by atoms with E-state index in [1.165, 1.54) is 18.3 Å². The molecule has 0 saturated heterocycles. The van der Waals surface area contributed by atoms with Crippen molar-refractivity contribution in [2.24, 2.45) is 5.41 Å². The number of alkyl halides is 3. The molecule has 0 aliphatic rings. The number of amides is 1. The Morgan fingerprint density at radius 2 is 1.86 bits per heavy atom. The zero-order chi connectivity index (χ0) is 17.0. The third kappa shape index (κ3) is 4.34. The molecule has 4 nitrogen and oxygen atoms in total. The Labute approximate surface area is 125 Å². The molecule has 1 amide bonds. The van der Waals surface area contributed by atoms with Gasteiger partial charge in [-0.3, -0.25) is 4.79 Å². The minimum Gasteiger partial charge on any atom is -0.480 e. The Morgan fingerprint density at radius 3 is 2.27 bits per heavy atom. The molecule has 1 rings (SSSR count). The molecular formula is C15H16F3NO3. The van der Waals surface area contributed by atoms with Crippen LogP contribution >= 0.6 is 0 Å². The average Bonchev–Trinajstić information content (AvgIpc) is 2.43. The van der Waals surface area contributed by atoms with Gasteiger partial charge in [-0.1, -0.05) is 43.3 Å². The van der Waals surface area contributed by atoms with E-state index in [0.29, 0.717) is 0 Å². The molecule has 2 atom stereocenters. The number of rotatable bonds is 6. The lowest BCUT2D eigenvalue weighted by atomic mass is 9.77. The summed E-state index contributed by atoms with van der Waals surface area (Å²) < 4.78 is 37.1. The van der Waals surface area contributed by atoms with Crippen LogP contribution in [0.1, 0.15) is 12.5 Å². The Bertz CT molecular complexity index is 557. The smallest absolute Gasteiger partial charge is 0.471 e. The predicted octanol–water partition coefficient (Wildman–Crippen LogP) is 2.55. The summed E-state index contributed by atoms with van der Waals surface area (Å²) in [5.41, 5.74) is -0.564. The molecule has 7 heteroatoms. The summed E-state index contributed by atoms with van der Waals surface area (Å²) in [6, 6.07) is 6.89. The topological polar surface area (TPSA) is 66.4 Å². The second-order valence-corrected chi connectivity index (χ2v) is 5.11. The molecule has 0 radical (unpaired) electrons. The summed E-state index contributed by atoms with van der Waals surface area (Å²) >= 11 is 0. The number of benzene rings is 1. The number of aliphatic carboxylic acids is 1. The number of carboxylic acid groups (broad SMARTS) is 1. The molecule has 120 valence electrons. The first-order chi connectivity index (χ1) is 10.1. The van der Waals surface area contributed by atoms with Gasteiger partial charge in [-0.15, -0.1) is 6.58 Å². The molecular weight excluding hydrogens is 299 g/mol. The molecule has 0 saturated carbocycles. The molecule has 1 aromatic rings. The lowest BCUT2D eigenvalue weighted by Gasteiger charge is -2.33. The van der Waals surface area contributed by atoms with Crippen LogP contribution in [0.15, 0.2) is 43.0 Å². The summed E-state index contributed by atoms with van der Waals surface area (Å²) in [4.78, 5) is 22.4. The van der Waals surface area contributed by atoms with E-state index < -0.39 is 29.5 Å². The molecule has 0 heterocycles. The van der Waals surface area contributed by atoms with Crippen molar-refractivity contribution in [1.29, 1.82) is 0 Å². The predicted molar refractivity (Wildman–Crippen MR) is 74.1 cm³/mol. The standard InChI is InChI=1S/C15H16F3NO3/c1-3-14(2,9-10-7-5-4-6-8-10)11(12(20)21)19-13(22)15(16,17)18/h3-8,11H,1,9H2,2H3,(H,19,22)(H,20,21)/t11-,14+/m1/s1. The molecule has 1 aromatic carbocycles. The second-order valence-electron chi connectivity index (χ2n) is 5.11. The summed E-state index contributed by atoms with van der Waals surface area (Å²) in [6.07, 6.45) is -3.79. The Balaban J connectivity index is 3.07. The van der Waals surface area contributed by atoms with Crippen LogP contribution in [0.5, 0.6) is 0 Å². The fraction of sp³-hybridized carbons (Fsp3) is 0.333. The van der Waals surface area contributed by atoms with Gasteiger partial charge >= 0.3 is 18.1 Å². The number of carboxylic acids is 1. The first kappa shape index (κ1) is 17.7. The summed E-state index contributed by atoms with van der Waals surface area (Å²) in [5, 5.41) is 10.7. The van der Waals surface area contributed by atoms with Crippen LogP contribution in [0.4, 0.5) is 13.2 Å². The minimum absolute atomic E-state index is 0.118. The normalized spacial score (nSPS) is 15.5. The summed E-state index contributed by atoms with van der Waals surface area (Å²) in [5.74, 6) is -3.85. The molecule has 0 aliphatic heterocycles. The number of hydrogen-bond acceptors (Lipinski definition) is 2. The fourth-order valence-electron chi connectivity index (χ4n) is 2.05. The van der Waals surface area contributed by atoms with Crippen LogP contribution in [0.3, 0.4) is 0 Å². The van der Waals surface area contributed by atoms with E-state index >= 15 is 0 Å². The van der Waals surface area contributed by atoms with Crippen molar-refractivity contribution in [3.63, 3.8) is 0 Å². The molecule has 22 heavy (non-hydrogen) atoms. The number of hydrogen-bond donors (Lipinski definition) is 2. The lowest BCUT2D eigenvalue weighted by molar-refractivity contribution is -0.176. The average molecular weight is 315 g/mol. The van der Waals surface area contributed by atoms with Crippen LogP contribution in [-0.4, -0.2) is 29.2 Å². The lowest BCUT2D eigenvalue weighted by Crippen LogP contribution is -2.54. The third-order valence-corrected chi connectivity index (χ3v) is 3.33. The summed E-state index contributed by atoms with van der Waals surface area (Å²) in [6.45, 7) is 4.94. The van der Waals surface area contributed by atoms with Crippen molar-refractivity contribution >= 4 is 11.9 Å². The number of halogens is 3. The maximum absolute atomic E-state index is 12.4. The molecule has 0 bridgehead atoms. The highest BCUT2D eigenvalue weighted by Crippen LogP contribution is 2.29. The van der Waals surface area contributed by atoms with Crippen molar-refractivity contribution in [2.75, 3.05) is 0 Å². The molecule has 0 aliphatic carbocycles. The van der Waals surface area contributed by atoms with Gasteiger partial charge in [-0.25, -0.2) is 4.79 Å².